The molecule has 0 unspecified atom stereocenters. The number of hydrogen-bond acceptors (Lipinski definition) is 4. The molecule has 120 heavy (non-hydrogen) atoms. The van der Waals surface area contributed by atoms with Crippen LogP contribution in [0.5, 0.6) is 0 Å². The predicted octanol–water partition coefficient (Wildman–Crippen LogP) is 32.1. The summed E-state index contributed by atoms with van der Waals surface area (Å²) in [6, 6.07) is 151. The standard InChI is InChI=1S/C57H40N2O.C57H40N2S/c2*1-57(2)51-20-9-6-17-45(51)46-30-29-44(36-52(46)57)58(43-16-12-13-38(33-43)40-26-32-56-50(35-40)48-19-8-11-22-55(48)60-56)42-27-23-37(24-28-42)39-25-31-54-49(34-39)47-18-7-10-21-53(47)59(54)41-14-4-3-5-15-41/h2*3-36H,1-2H3. The lowest BCUT2D eigenvalue weighted by atomic mass is 9.82. The first-order valence-electron chi connectivity index (χ1n) is 41.5. The summed E-state index contributed by atoms with van der Waals surface area (Å²) in [6.45, 7) is 9.43. The molecule has 24 rings (SSSR count). The van der Waals surface area contributed by atoms with Gasteiger partial charge in [-0.25, -0.2) is 0 Å². The molecule has 0 amide bonds. The van der Waals surface area contributed by atoms with Gasteiger partial charge >= 0.3 is 0 Å². The average molecular weight is 1550 g/mol. The number of nitrogens with zero attached hydrogens (tertiary/aromatic N) is 4. The van der Waals surface area contributed by atoms with E-state index in [4.69, 9.17) is 4.42 Å². The van der Waals surface area contributed by atoms with Crippen molar-refractivity contribution in [2.75, 3.05) is 9.80 Å². The van der Waals surface area contributed by atoms with Gasteiger partial charge < -0.3 is 23.4 Å². The van der Waals surface area contributed by atoms with Gasteiger partial charge in [0.05, 0.1) is 22.1 Å². The van der Waals surface area contributed by atoms with E-state index in [1.807, 2.05) is 23.5 Å². The van der Waals surface area contributed by atoms with Crippen molar-refractivity contribution in [3.8, 4) is 78.1 Å². The van der Waals surface area contributed by atoms with Crippen LogP contribution in [-0.2, 0) is 10.8 Å². The number of anilines is 6. The van der Waals surface area contributed by atoms with Gasteiger partial charge in [0.15, 0.2) is 0 Å². The molecule has 0 bridgehead atoms. The Morgan fingerprint density at radius 1 is 0.217 bits per heavy atom. The van der Waals surface area contributed by atoms with Crippen LogP contribution in [0.25, 0.3) is 164 Å². The van der Waals surface area contributed by atoms with Crippen molar-refractivity contribution < 1.29 is 4.42 Å². The normalized spacial score (nSPS) is 13.0. The van der Waals surface area contributed by atoms with E-state index in [0.29, 0.717) is 0 Å². The second-order valence-electron chi connectivity index (χ2n) is 33.1. The zero-order valence-electron chi connectivity index (χ0n) is 66.9. The van der Waals surface area contributed by atoms with Crippen LogP contribution >= 0.6 is 11.3 Å². The largest absolute Gasteiger partial charge is 0.456 e. The highest BCUT2D eigenvalue weighted by Gasteiger charge is 2.38. The fourth-order valence-corrected chi connectivity index (χ4v) is 20.7. The average Bonchev–Trinajstić information content (AvgIpc) is 1.58. The Hall–Kier alpha value is -14.8. The smallest absolute Gasteiger partial charge is 0.135 e. The first kappa shape index (κ1) is 70.6. The topological polar surface area (TPSA) is 29.5 Å². The van der Waals surface area contributed by atoms with Crippen molar-refractivity contribution >= 4 is 131 Å². The Labute approximate surface area is 701 Å². The molecule has 4 heterocycles. The van der Waals surface area contributed by atoms with E-state index in [9.17, 15) is 0 Å². The molecule has 2 aliphatic carbocycles. The van der Waals surface area contributed by atoms with E-state index >= 15 is 0 Å². The highest BCUT2D eigenvalue weighted by Crippen LogP contribution is 2.54. The fourth-order valence-electron chi connectivity index (χ4n) is 19.6. The molecule has 18 aromatic carbocycles. The van der Waals surface area contributed by atoms with E-state index in [-0.39, 0.29) is 10.8 Å². The molecule has 0 spiro atoms. The summed E-state index contributed by atoms with van der Waals surface area (Å²) >= 11 is 1.86. The molecule has 5 nitrogen and oxygen atoms in total. The molecule has 0 radical (unpaired) electrons. The number of furan rings is 1. The quantitative estimate of drug-likeness (QED) is 0.122. The predicted molar refractivity (Wildman–Crippen MR) is 508 cm³/mol. The van der Waals surface area contributed by atoms with E-state index in [1.54, 1.807) is 0 Å². The number of aromatic nitrogens is 2. The highest BCUT2D eigenvalue weighted by molar-refractivity contribution is 7.25. The number of hydrogen-bond donors (Lipinski definition) is 0. The second-order valence-corrected chi connectivity index (χ2v) is 34.2. The van der Waals surface area contributed by atoms with Gasteiger partial charge in [0.1, 0.15) is 11.2 Å². The molecule has 0 aliphatic heterocycles. The third kappa shape index (κ3) is 11.6. The lowest BCUT2D eigenvalue weighted by Gasteiger charge is -2.28. The Morgan fingerprint density at radius 2 is 0.575 bits per heavy atom. The number of thiophene rings is 1. The third-order valence-electron chi connectivity index (χ3n) is 25.6. The number of para-hydroxylation sites is 5. The van der Waals surface area contributed by atoms with Crippen LogP contribution in [0.15, 0.2) is 417 Å². The molecule has 0 saturated carbocycles. The van der Waals surface area contributed by atoms with Crippen LogP contribution in [0, 0.1) is 0 Å². The van der Waals surface area contributed by atoms with Crippen LogP contribution in [0.1, 0.15) is 49.9 Å². The van der Waals surface area contributed by atoms with Gasteiger partial charge in [0, 0.05) is 109 Å². The Bertz CT molecular complexity index is 7390. The molecular formula is C114H80N4OS. The van der Waals surface area contributed by atoms with Gasteiger partial charge in [-0.05, 0) is 259 Å². The minimum Gasteiger partial charge on any atom is -0.456 e. The van der Waals surface area contributed by atoms with Crippen molar-refractivity contribution in [3.63, 3.8) is 0 Å². The SMILES string of the molecule is CC1(C)c2ccccc2-c2ccc(N(c3ccc(-c4ccc5c(c4)c4ccccc4n5-c4ccccc4)cc3)c3cccc(-c4ccc5oc6ccccc6c5c4)c3)cc21.CC1(C)c2ccccc2-c2ccc(N(c3ccc(-c4ccc5c(c4)c4ccccc4n5-c4ccccc4)cc3)c3cccc(-c4ccc5sc6ccccc6c5c4)c3)cc21. The number of rotatable bonds is 12. The summed E-state index contributed by atoms with van der Waals surface area (Å²) in [6.07, 6.45) is 0. The summed E-state index contributed by atoms with van der Waals surface area (Å²) in [5.74, 6) is 0. The summed E-state index contributed by atoms with van der Waals surface area (Å²) in [4.78, 5) is 4.84. The Balaban J connectivity index is 0.000000140. The van der Waals surface area contributed by atoms with Crippen LogP contribution in [0.4, 0.5) is 34.1 Å². The van der Waals surface area contributed by atoms with Gasteiger partial charge in [-0.3, -0.25) is 0 Å². The lowest BCUT2D eigenvalue weighted by molar-refractivity contribution is 0.660. The Kier molecular flexibility index (Phi) is 16.4. The van der Waals surface area contributed by atoms with Crippen molar-refractivity contribution in [2.45, 2.75) is 38.5 Å². The van der Waals surface area contributed by atoms with Crippen LogP contribution in [0.3, 0.4) is 0 Å². The highest BCUT2D eigenvalue weighted by atomic mass is 32.1. The molecule has 6 heteroatoms. The van der Waals surface area contributed by atoms with Crippen molar-refractivity contribution in [3.05, 3.63) is 435 Å². The number of fused-ring (bicyclic) bond motifs is 18. The lowest BCUT2D eigenvalue weighted by Crippen LogP contribution is -2.16. The fraction of sp³-hybridized carbons (Fsp3) is 0.0526. The summed E-state index contributed by atoms with van der Waals surface area (Å²) in [5, 5.41) is 9.91. The second kappa shape index (κ2) is 28.0. The third-order valence-corrected chi connectivity index (χ3v) is 26.7. The zero-order chi connectivity index (χ0) is 79.9. The van der Waals surface area contributed by atoms with Crippen molar-refractivity contribution in [1.29, 1.82) is 0 Å². The van der Waals surface area contributed by atoms with Gasteiger partial charge in [0.2, 0.25) is 0 Å². The first-order valence-corrected chi connectivity index (χ1v) is 42.3. The molecule has 0 saturated heterocycles. The molecular weight excluding hydrogens is 1470 g/mol. The Morgan fingerprint density at radius 3 is 1.11 bits per heavy atom. The van der Waals surface area contributed by atoms with Crippen molar-refractivity contribution in [2.24, 2.45) is 0 Å². The minimum atomic E-state index is -0.121. The molecule has 4 aromatic heterocycles. The number of benzene rings is 18. The van der Waals surface area contributed by atoms with Gasteiger partial charge in [0.25, 0.3) is 0 Å². The maximum absolute atomic E-state index is 6.19. The molecule has 2 aliphatic rings. The summed E-state index contributed by atoms with van der Waals surface area (Å²) < 4.78 is 13.6. The van der Waals surface area contributed by atoms with E-state index < -0.39 is 0 Å². The van der Waals surface area contributed by atoms with E-state index in [2.05, 4.69) is 447 Å². The minimum absolute atomic E-state index is 0.111. The molecule has 0 fully saturated rings. The summed E-state index contributed by atoms with van der Waals surface area (Å²) in [5.41, 5.74) is 35.7. The van der Waals surface area contributed by atoms with Crippen LogP contribution in [0.2, 0.25) is 0 Å². The van der Waals surface area contributed by atoms with Crippen LogP contribution < -0.4 is 9.80 Å². The van der Waals surface area contributed by atoms with Crippen molar-refractivity contribution in [1.82, 2.24) is 9.13 Å². The van der Waals surface area contributed by atoms with E-state index in [0.717, 1.165) is 67.2 Å². The maximum Gasteiger partial charge on any atom is 0.135 e. The zero-order valence-corrected chi connectivity index (χ0v) is 67.7. The molecule has 0 atom stereocenters. The molecule has 22 aromatic rings. The maximum atomic E-state index is 6.19. The van der Waals surface area contributed by atoms with Gasteiger partial charge in [-0.2, -0.15) is 0 Å². The first-order chi connectivity index (χ1) is 59.0. The molecule has 568 valence electrons. The monoisotopic (exact) mass is 1550 g/mol. The van der Waals surface area contributed by atoms with E-state index in [1.165, 1.54) is 153 Å². The van der Waals surface area contributed by atoms with Crippen LogP contribution in [-0.4, -0.2) is 9.13 Å². The van der Waals surface area contributed by atoms with Gasteiger partial charge in [-0.1, -0.05) is 270 Å². The summed E-state index contributed by atoms with van der Waals surface area (Å²) in [7, 11) is 0. The van der Waals surface area contributed by atoms with Gasteiger partial charge in [-0.15, -0.1) is 11.3 Å². The molecule has 0 N–H and O–H groups in total.